The molecule has 0 N–H and O–H groups in total. The zero-order valence-corrected chi connectivity index (χ0v) is 18.4. The van der Waals surface area contributed by atoms with Gasteiger partial charge in [0.15, 0.2) is 0 Å². The van der Waals surface area contributed by atoms with Crippen LogP contribution in [0.3, 0.4) is 0 Å². The van der Waals surface area contributed by atoms with Crippen molar-refractivity contribution in [3.05, 3.63) is 101 Å². The molecule has 4 aromatic rings. The van der Waals surface area contributed by atoms with Crippen LogP contribution in [0.1, 0.15) is 24.0 Å². The van der Waals surface area contributed by atoms with Gasteiger partial charge in [-0.3, -0.25) is 19.7 Å². The van der Waals surface area contributed by atoms with E-state index >= 15 is 0 Å². The maximum atomic E-state index is 11.8. The number of ether oxygens (including phenoxy) is 1. The lowest BCUT2D eigenvalue weighted by Gasteiger charge is -2.22. The number of fused-ring (bicyclic) bond motifs is 1. The molecule has 3 aromatic heterocycles. The molecule has 0 radical (unpaired) electrons. The van der Waals surface area contributed by atoms with Crippen molar-refractivity contribution >= 4 is 10.9 Å². The number of hydrogen-bond acceptors (Lipinski definition) is 5. The Morgan fingerprint density at radius 1 is 0.844 bits per heavy atom. The first kappa shape index (κ1) is 21.7. The summed E-state index contributed by atoms with van der Waals surface area (Å²) in [5.41, 5.74) is 3.42. The molecule has 0 aliphatic rings. The monoisotopic (exact) mass is 428 g/mol. The summed E-state index contributed by atoms with van der Waals surface area (Å²) in [5.74, 6) is 0.835. The topological polar surface area (TPSA) is 60.2 Å². The third kappa shape index (κ3) is 5.80. The van der Waals surface area contributed by atoms with Crippen LogP contribution in [0.25, 0.3) is 10.9 Å². The summed E-state index contributed by atoms with van der Waals surface area (Å²) in [6.45, 7) is 3.41. The molecule has 3 heterocycles. The van der Waals surface area contributed by atoms with E-state index in [0.717, 1.165) is 49.1 Å². The van der Waals surface area contributed by atoms with E-state index in [1.165, 1.54) is 11.1 Å². The smallest absolute Gasteiger partial charge is 0.250 e. The van der Waals surface area contributed by atoms with Crippen LogP contribution < -0.4 is 10.3 Å². The summed E-state index contributed by atoms with van der Waals surface area (Å²) in [7, 11) is 1.79. The fourth-order valence-corrected chi connectivity index (χ4v) is 3.79. The van der Waals surface area contributed by atoms with E-state index in [4.69, 9.17) is 4.74 Å². The first-order valence-electron chi connectivity index (χ1n) is 10.9. The molecule has 32 heavy (non-hydrogen) atoms. The van der Waals surface area contributed by atoms with Crippen LogP contribution in [0.4, 0.5) is 0 Å². The van der Waals surface area contributed by atoms with Crippen LogP contribution in [-0.2, 0) is 20.1 Å². The Kier molecular flexibility index (Phi) is 7.25. The second-order valence-corrected chi connectivity index (χ2v) is 7.93. The Hall–Kier alpha value is -3.51. The van der Waals surface area contributed by atoms with E-state index in [0.29, 0.717) is 6.61 Å². The first-order chi connectivity index (χ1) is 15.7. The van der Waals surface area contributed by atoms with E-state index in [9.17, 15) is 4.79 Å². The molecular formula is C26H28N4O2. The molecular weight excluding hydrogens is 400 g/mol. The van der Waals surface area contributed by atoms with Crippen LogP contribution in [0.2, 0.25) is 0 Å². The van der Waals surface area contributed by atoms with Gasteiger partial charge in [-0.25, -0.2) is 0 Å². The summed E-state index contributed by atoms with van der Waals surface area (Å²) in [5, 5.41) is 1.01. The maximum absolute atomic E-state index is 11.8. The van der Waals surface area contributed by atoms with E-state index in [2.05, 4.69) is 39.1 Å². The molecule has 0 spiro atoms. The van der Waals surface area contributed by atoms with Gasteiger partial charge in [0.25, 0.3) is 5.56 Å². The van der Waals surface area contributed by atoms with Crippen LogP contribution in [0, 0.1) is 0 Å². The minimum absolute atomic E-state index is 0.00532. The number of nitrogens with zero attached hydrogens (tertiary/aromatic N) is 4. The van der Waals surface area contributed by atoms with Gasteiger partial charge in [-0.1, -0.05) is 0 Å². The predicted octanol–water partition coefficient (Wildman–Crippen LogP) is 4.19. The number of aromatic nitrogens is 3. The summed E-state index contributed by atoms with van der Waals surface area (Å²) in [6.07, 6.45) is 9.38. The molecule has 0 aliphatic carbocycles. The SMILES string of the molecule is Cn1c(=O)ccc2cc(OCCCCN(Cc3ccncc3)Cc3ccncc3)ccc21. The lowest BCUT2D eigenvalue weighted by molar-refractivity contribution is 0.236. The molecule has 1 aromatic carbocycles. The fourth-order valence-electron chi connectivity index (χ4n) is 3.79. The molecule has 0 saturated carbocycles. The minimum atomic E-state index is -0.00532. The normalized spacial score (nSPS) is 11.2. The van der Waals surface area contributed by atoms with Gasteiger partial charge in [0.1, 0.15) is 5.75 Å². The van der Waals surface area contributed by atoms with Gasteiger partial charge in [0.05, 0.1) is 12.1 Å². The van der Waals surface area contributed by atoms with Crippen LogP contribution in [0.15, 0.2) is 84.2 Å². The molecule has 0 atom stereocenters. The van der Waals surface area contributed by atoms with Crippen molar-refractivity contribution in [3.8, 4) is 5.75 Å². The average Bonchev–Trinajstić information content (AvgIpc) is 2.82. The van der Waals surface area contributed by atoms with Crippen molar-refractivity contribution in [2.24, 2.45) is 7.05 Å². The van der Waals surface area contributed by atoms with Gasteiger partial charge in [-0.15, -0.1) is 0 Å². The number of rotatable bonds is 10. The second kappa shape index (κ2) is 10.7. The van der Waals surface area contributed by atoms with E-state index in [1.54, 1.807) is 17.7 Å². The Labute approximate surface area is 188 Å². The fraction of sp³-hybridized carbons (Fsp3) is 0.269. The van der Waals surface area contributed by atoms with Gasteiger partial charge in [-0.05, 0) is 79.0 Å². The molecule has 6 nitrogen and oxygen atoms in total. The van der Waals surface area contributed by atoms with Gasteiger partial charge in [0, 0.05) is 56.4 Å². The van der Waals surface area contributed by atoms with E-state index < -0.39 is 0 Å². The third-order valence-electron chi connectivity index (χ3n) is 5.54. The molecule has 6 heteroatoms. The second-order valence-electron chi connectivity index (χ2n) is 7.93. The zero-order valence-electron chi connectivity index (χ0n) is 18.4. The third-order valence-corrected chi connectivity index (χ3v) is 5.54. The van der Waals surface area contributed by atoms with Crippen molar-refractivity contribution in [2.75, 3.05) is 13.2 Å². The molecule has 0 saturated heterocycles. The van der Waals surface area contributed by atoms with Crippen molar-refractivity contribution in [2.45, 2.75) is 25.9 Å². The predicted molar refractivity (Wildman–Crippen MR) is 127 cm³/mol. The van der Waals surface area contributed by atoms with E-state index in [-0.39, 0.29) is 5.56 Å². The number of unbranched alkanes of at least 4 members (excludes halogenated alkanes) is 1. The summed E-state index contributed by atoms with van der Waals surface area (Å²) >= 11 is 0. The van der Waals surface area contributed by atoms with Crippen molar-refractivity contribution < 1.29 is 4.74 Å². The average molecular weight is 429 g/mol. The lowest BCUT2D eigenvalue weighted by Crippen LogP contribution is -2.24. The van der Waals surface area contributed by atoms with Gasteiger partial charge in [0.2, 0.25) is 0 Å². The maximum Gasteiger partial charge on any atom is 0.250 e. The van der Waals surface area contributed by atoms with E-state index in [1.807, 2.05) is 49.1 Å². The van der Waals surface area contributed by atoms with Gasteiger partial charge in [-0.2, -0.15) is 0 Å². The summed E-state index contributed by atoms with van der Waals surface area (Å²) in [6, 6.07) is 17.6. The Morgan fingerprint density at radius 2 is 1.50 bits per heavy atom. The first-order valence-corrected chi connectivity index (χ1v) is 10.9. The molecule has 0 amide bonds. The Morgan fingerprint density at radius 3 is 2.16 bits per heavy atom. The van der Waals surface area contributed by atoms with Crippen LogP contribution >= 0.6 is 0 Å². The Balaban J connectivity index is 1.30. The molecule has 164 valence electrons. The summed E-state index contributed by atoms with van der Waals surface area (Å²) < 4.78 is 7.63. The van der Waals surface area contributed by atoms with Gasteiger partial charge < -0.3 is 9.30 Å². The standard InChI is InChI=1S/C26H28N4O2/c1-29-25-6-5-24(18-23(25)4-7-26(29)31)32-17-3-2-16-30(19-21-8-12-27-13-9-21)20-22-10-14-28-15-11-22/h4-15,18H,2-3,16-17,19-20H2,1H3. The van der Waals surface area contributed by atoms with Crippen LogP contribution in [-0.4, -0.2) is 32.6 Å². The molecule has 0 aliphatic heterocycles. The lowest BCUT2D eigenvalue weighted by atomic mass is 10.2. The van der Waals surface area contributed by atoms with Crippen molar-refractivity contribution in [3.63, 3.8) is 0 Å². The summed E-state index contributed by atoms with van der Waals surface area (Å²) in [4.78, 5) is 22.5. The molecule has 0 unspecified atom stereocenters. The van der Waals surface area contributed by atoms with Crippen molar-refractivity contribution in [1.82, 2.24) is 19.4 Å². The zero-order chi connectivity index (χ0) is 22.2. The number of pyridine rings is 3. The highest BCUT2D eigenvalue weighted by atomic mass is 16.5. The van der Waals surface area contributed by atoms with Gasteiger partial charge >= 0.3 is 0 Å². The highest BCUT2D eigenvalue weighted by molar-refractivity contribution is 5.80. The minimum Gasteiger partial charge on any atom is -0.494 e. The number of hydrogen-bond donors (Lipinski definition) is 0. The highest BCUT2D eigenvalue weighted by Crippen LogP contribution is 2.19. The number of benzene rings is 1. The largest absolute Gasteiger partial charge is 0.494 e. The quantitative estimate of drug-likeness (QED) is 0.355. The Bertz CT molecular complexity index is 1150. The van der Waals surface area contributed by atoms with Crippen molar-refractivity contribution in [1.29, 1.82) is 0 Å². The highest BCUT2D eigenvalue weighted by Gasteiger charge is 2.08. The molecule has 0 fully saturated rings. The molecule has 0 bridgehead atoms. The number of aryl methyl sites for hydroxylation is 1. The van der Waals surface area contributed by atoms with Crippen LogP contribution in [0.5, 0.6) is 5.75 Å². The molecule has 4 rings (SSSR count).